The fourth-order valence-corrected chi connectivity index (χ4v) is 2.24. The van der Waals surface area contributed by atoms with Gasteiger partial charge in [0.2, 0.25) is 5.91 Å². The van der Waals surface area contributed by atoms with Gasteiger partial charge in [0.1, 0.15) is 5.75 Å². The SMILES string of the molecule is CCC(CCO)NC(=O)CCc1ccc(OC)c(Cl)c1. The molecule has 1 atom stereocenters. The zero-order chi connectivity index (χ0) is 15.0. The summed E-state index contributed by atoms with van der Waals surface area (Å²) in [4.78, 5) is 11.8. The molecule has 112 valence electrons. The monoisotopic (exact) mass is 299 g/mol. The van der Waals surface area contributed by atoms with Gasteiger partial charge in [0.05, 0.1) is 12.1 Å². The van der Waals surface area contributed by atoms with Crippen LogP contribution in [0.4, 0.5) is 0 Å². The molecule has 0 aromatic heterocycles. The number of carbonyl (C=O) groups excluding carboxylic acids is 1. The highest BCUT2D eigenvalue weighted by Gasteiger charge is 2.10. The van der Waals surface area contributed by atoms with Crippen molar-refractivity contribution in [3.63, 3.8) is 0 Å². The van der Waals surface area contributed by atoms with Gasteiger partial charge in [0.25, 0.3) is 0 Å². The molecule has 20 heavy (non-hydrogen) atoms. The Bertz CT molecular complexity index is 437. The van der Waals surface area contributed by atoms with E-state index in [0.29, 0.717) is 30.0 Å². The molecule has 0 aliphatic heterocycles. The minimum absolute atomic E-state index is 0.00256. The average molecular weight is 300 g/mol. The number of aliphatic hydroxyl groups is 1. The summed E-state index contributed by atoms with van der Waals surface area (Å²) in [6.45, 7) is 2.08. The zero-order valence-corrected chi connectivity index (χ0v) is 12.7. The minimum atomic E-state index is -0.00256. The van der Waals surface area contributed by atoms with E-state index in [4.69, 9.17) is 21.4 Å². The number of hydrogen-bond acceptors (Lipinski definition) is 3. The van der Waals surface area contributed by atoms with Gasteiger partial charge in [-0.05, 0) is 37.0 Å². The Labute approximate surface area is 125 Å². The van der Waals surface area contributed by atoms with E-state index in [1.807, 2.05) is 19.1 Å². The molecule has 0 fully saturated rings. The summed E-state index contributed by atoms with van der Waals surface area (Å²) in [5.74, 6) is 0.631. The van der Waals surface area contributed by atoms with Crippen LogP contribution in [0.15, 0.2) is 18.2 Å². The van der Waals surface area contributed by atoms with Gasteiger partial charge < -0.3 is 15.2 Å². The maximum absolute atomic E-state index is 11.8. The number of aryl methyl sites for hydroxylation is 1. The number of benzene rings is 1. The van der Waals surface area contributed by atoms with E-state index < -0.39 is 0 Å². The molecule has 0 heterocycles. The Morgan fingerprint density at radius 3 is 2.80 bits per heavy atom. The summed E-state index contributed by atoms with van der Waals surface area (Å²) in [5.41, 5.74) is 1.00. The van der Waals surface area contributed by atoms with Gasteiger partial charge >= 0.3 is 0 Å². The summed E-state index contributed by atoms with van der Waals surface area (Å²) in [5, 5.41) is 12.4. The van der Waals surface area contributed by atoms with Crippen LogP contribution in [0.5, 0.6) is 5.75 Å². The lowest BCUT2D eigenvalue weighted by Crippen LogP contribution is -2.35. The first-order valence-corrected chi connectivity index (χ1v) is 7.21. The van der Waals surface area contributed by atoms with Gasteiger partial charge in [0.15, 0.2) is 0 Å². The Morgan fingerprint density at radius 1 is 1.50 bits per heavy atom. The highest BCUT2D eigenvalue weighted by Crippen LogP contribution is 2.25. The number of ether oxygens (including phenoxy) is 1. The van der Waals surface area contributed by atoms with Gasteiger partial charge in [-0.2, -0.15) is 0 Å². The van der Waals surface area contributed by atoms with E-state index in [1.165, 1.54) is 0 Å². The highest BCUT2D eigenvalue weighted by atomic mass is 35.5. The number of aliphatic hydroxyl groups excluding tert-OH is 1. The molecule has 0 aliphatic rings. The largest absolute Gasteiger partial charge is 0.495 e. The van der Waals surface area contributed by atoms with Gasteiger partial charge in [-0.15, -0.1) is 0 Å². The first kappa shape index (κ1) is 16.8. The van der Waals surface area contributed by atoms with Crippen LogP contribution >= 0.6 is 11.6 Å². The number of rotatable bonds is 8. The normalized spacial score (nSPS) is 12.0. The third kappa shape index (κ3) is 5.39. The van der Waals surface area contributed by atoms with Crippen LogP contribution in [0.25, 0.3) is 0 Å². The zero-order valence-electron chi connectivity index (χ0n) is 12.0. The topological polar surface area (TPSA) is 58.6 Å². The number of carbonyl (C=O) groups is 1. The smallest absolute Gasteiger partial charge is 0.220 e. The van der Waals surface area contributed by atoms with Crippen molar-refractivity contribution in [3.8, 4) is 5.75 Å². The fourth-order valence-electron chi connectivity index (χ4n) is 1.96. The van der Waals surface area contributed by atoms with Crippen molar-refractivity contribution in [1.82, 2.24) is 5.32 Å². The lowest BCUT2D eigenvalue weighted by molar-refractivity contribution is -0.121. The third-order valence-corrected chi connectivity index (χ3v) is 3.49. The second-order valence-corrected chi connectivity index (χ2v) is 5.06. The van der Waals surface area contributed by atoms with E-state index in [2.05, 4.69) is 5.32 Å². The van der Waals surface area contributed by atoms with E-state index in [0.717, 1.165) is 12.0 Å². The molecule has 1 aromatic rings. The number of hydrogen-bond donors (Lipinski definition) is 2. The van der Waals surface area contributed by atoms with Crippen LogP contribution in [-0.2, 0) is 11.2 Å². The predicted molar refractivity (Wildman–Crippen MR) is 80.2 cm³/mol. The van der Waals surface area contributed by atoms with Crippen LogP contribution in [0, 0.1) is 0 Å². The molecule has 0 aliphatic carbocycles. The molecule has 1 aromatic carbocycles. The Hall–Kier alpha value is -1.26. The second kappa shape index (κ2) is 8.82. The number of halogens is 1. The Kier molecular flexibility index (Phi) is 7.41. The fraction of sp³-hybridized carbons (Fsp3) is 0.533. The summed E-state index contributed by atoms with van der Waals surface area (Å²) in [7, 11) is 1.57. The average Bonchev–Trinajstić information content (AvgIpc) is 2.44. The molecular weight excluding hydrogens is 278 g/mol. The van der Waals surface area contributed by atoms with Crippen LogP contribution < -0.4 is 10.1 Å². The molecule has 1 unspecified atom stereocenters. The first-order chi connectivity index (χ1) is 9.60. The number of amides is 1. The Balaban J connectivity index is 2.46. The Morgan fingerprint density at radius 2 is 2.25 bits per heavy atom. The van der Waals surface area contributed by atoms with Crippen LogP contribution in [-0.4, -0.2) is 30.8 Å². The summed E-state index contributed by atoms with van der Waals surface area (Å²) in [6, 6.07) is 5.57. The quantitative estimate of drug-likeness (QED) is 0.775. The van der Waals surface area contributed by atoms with Gasteiger partial charge in [-0.1, -0.05) is 24.6 Å². The molecule has 0 saturated heterocycles. The van der Waals surface area contributed by atoms with E-state index >= 15 is 0 Å². The van der Waals surface area contributed by atoms with Crippen molar-refractivity contribution in [2.45, 2.75) is 38.6 Å². The molecule has 0 bridgehead atoms. The van der Waals surface area contributed by atoms with Gasteiger partial charge in [0, 0.05) is 19.1 Å². The summed E-state index contributed by atoms with van der Waals surface area (Å²) >= 11 is 6.04. The van der Waals surface area contributed by atoms with E-state index in [1.54, 1.807) is 13.2 Å². The maximum Gasteiger partial charge on any atom is 0.220 e. The van der Waals surface area contributed by atoms with Crippen molar-refractivity contribution in [2.75, 3.05) is 13.7 Å². The lowest BCUT2D eigenvalue weighted by Gasteiger charge is -2.15. The first-order valence-electron chi connectivity index (χ1n) is 6.83. The lowest BCUT2D eigenvalue weighted by atomic mass is 10.1. The molecular formula is C15H22ClNO3. The minimum Gasteiger partial charge on any atom is -0.495 e. The van der Waals surface area contributed by atoms with Crippen molar-refractivity contribution in [1.29, 1.82) is 0 Å². The molecule has 2 N–H and O–H groups in total. The van der Waals surface area contributed by atoms with E-state index in [-0.39, 0.29) is 18.6 Å². The van der Waals surface area contributed by atoms with Crippen LogP contribution in [0.1, 0.15) is 31.7 Å². The number of nitrogens with one attached hydrogen (secondary N) is 1. The van der Waals surface area contributed by atoms with E-state index in [9.17, 15) is 4.79 Å². The summed E-state index contributed by atoms with van der Waals surface area (Å²) < 4.78 is 5.08. The highest BCUT2D eigenvalue weighted by molar-refractivity contribution is 6.32. The van der Waals surface area contributed by atoms with Gasteiger partial charge in [-0.25, -0.2) is 0 Å². The molecule has 5 heteroatoms. The molecule has 1 amide bonds. The molecule has 0 spiro atoms. The number of methoxy groups -OCH3 is 1. The molecule has 1 rings (SSSR count). The molecule has 4 nitrogen and oxygen atoms in total. The molecule has 0 radical (unpaired) electrons. The van der Waals surface area contributed by atoms with Crippen molar-refractivity contribution in [3.05, 3.63) is 28.8 Å². The standard InChI is InChI=1S/C15H22ClNO3/c1-3-12(8-9-18)17-15(19)7-5-11-4-6-14(20-2)13(16)10-11/h4,6,10,12,18H,3,5,7-9H2,1-2H3,(H,17,19). The van der Waals surface area contributed by atoms with Gasteiger partial charge in [-0.3, -0.25) is 4.79 Å². The van der Waals surface area contributed by atoms with Crippen LogP contribution in [0.2, 0.25) is 5.02 Å². The second-order valence-electron chi connectivity index (χ2n) is 4.65. The predicted octanol–water partition coefficient (Wildman–Crippen LogP) is 2.56. The van der Waals surface area contributed by atoms with Crippen molar-refractivity contribution >= 4 is 17.5 Å². The summed E-state index contributed by atoms with van der Waals surface area (Å²) in [6.07, 6.45) is 2.45. The molecule has 0 saturated carbocycles. The maximum atomic E-state index is 11.8. The van der Waals surface area contributed by atoms with Crippen LogP contribution in [0.3, 0.4) is 0 Å². The van der Waals surface area contributed by atoms with Crippen molar-refractivity contribution < 1.29 is 14.6 Å². The third-order valence-electron chi connectivity index (χ3n) is 3.19. The van der Waals surface area contributed by atoms with Crippen molar-refractivity contribution in [2.24, 2.45) is 0 Å².